The molecule has 1 unspecified atom stereocenters. The highest BCUT2D eigenvalue weighted by molar-refractivity contribution is 5.75. The monoisotopic (exact) mass is 323 g/mol. The maximum atomic E-state index is 13.3. The fourth-order valence-corrected chi connectivity index (χ4v) is 2.25. The summed E-state index contributed by atoms with van der Waals surface area (Å²) in [4.78, 5) is 13.9. The van der Waals surface area contributed by atoms with Gasteiger partial charge in [0, 0.05) is 12.1 Å². The van der Waals surface area contributed by atoms with Gasteiger partial charge in [-0.1, -0.05) is 0 Å². The standard InChI is InChI=1S/C13H11F2N5O3/c14-10-1-12-13(2-11(10)15)18(7-16-12)5-9(21)6-19-4-8(3-17-19)20(22)23/h1-4,7,9,21H,5-6H2. The molecule has 0 aliphatic heterocycles. The van der Waals surface area contributed by atoms with Crippen molar-refractivity contribution in [2.24, 2.45) is 0 Å². The summed E-state index contributed by atoms with van der Waals surface area (Å²) in [5.74, 6) is -2.00. The molecule has 0 spiro atoms. The van der Waals surface area contributed by atoms with Crippen LogP contribution in [0, 0.1) is 21.7 Å². The molecule has 0 bridgehead atoms. The van der Waals surface area contributed by atoms with Gasteiger partial charge in [-0.25, -0.2) is 13.8 Å². The first-order valence-electron chi connectivity index (χ1n) is 6.59. The molecule has 2 heterocycles. The molecule has 0 fully saturated rings. The van der Waals surface area contributed by atoms with E-state index in [9.17, 15) is 24.0 Å². The van der Waals surface area contributed by atoms with E-state index in [0.717, 1.165) is 18.3 Å². The van der Waals surface area contributed by atoms with Crippen LogP contribution in [0.15, 0.2) is 30.9 Å². The minimum absolute atomic E-state index is 0.0111. The van der Waals surface area contributed by atoms with Crippen molar-refractivity contribution < 1.29 is 18.8 Å². The van der Waals surface area contributed by atoms with Crippen LogP contribution in [-0.4, -0.2) is 35.5 Å². The molecule has 1 N–H and O–H groups in total. The minimum atomic E-state index is -1.00. The second-order valence-electron chi connectivity index (χ2n) is 4.98. The van der Waals surface area contributed by atoms with E-state index in [-0.39, 0.29) is 24.3 Å². The van der Waals surface area contributed by atoms with Crippen LogP contribution in [0.2, 0.25) is 0 Å². The average molecular weight is 323 g/mol. The highest BCUT2D eigenvalue weighted by Gasteiger charge is 2.14. The molecule has 0 aliphatic carbocycles. The van der Waals surface area contributed by atoms with E-state index in [2.05, 4.69) is 10.1 Å². The third kappa shape index (κ3) is 3.01. The van der Waals surface area contributed by atoms with E-state index in [1.165, 1.54) is 21.8 Å². The van der Waals surface area contributed by atoms with Crippen molar-refractivity contribution >= 4 is 16.7 Å². The van der Waals surface area contributed by atoms with Crippen LogP contribution in [-0.2, 0) is 13.1 Å². The van der Waals surface area contributed by atoms with Crippen molar-refractivity contribution in [2.45, 2.75) is 19.2 Å². The number of hydrogen-bond acceptors (Lipinski definition) is 5. The first-order chi connectivity index (χ1) is 10.9. The number of nitro groups is 1. The van der Waals surface area contributed by atoms with Gasteiger partial charge in [-0.15, -0.1) is 0 Å². The summed E-state index contributed by atoms with van der Waals surface area (Å²) in [6, 6.07) is 1.98. The van der Waals surface area contributed by atoms with E-state index in [1.807, 2.05) is 0 Å². The Bertz CT molecular complexity index is 876. The lowest BCUT2D eigenvalue weighted by molar-refractivity contribution is -0.385. The number of aliphatic hydroxyl groups is 1. The molecule has 0 saturated heterocycles. The summed E-state index contributed by atoms with van der Waals surface area (Å²) in [7, 11) is 0. The summed E-state index contributed by atoms with van der Waals surface area (Å²) in [5, 5.41) is 24.4. The Morgan fingerprint density at radius 2 is 2.04 bits per heavy atom. The van der Waals surface area contributed by atoms with Gasteiger partial charge >= 0.3 is 5.69 Å². The summed E-state index contributed by atoms with van der Waals surface area (Å²) in [5.41, 5.74) is 0.433. The molecular formula is C13H11F2N5O3. The zero-order valence-electron chi connectivity index (χ0n) is 11.6. The van der Waals surface area contributed by atoms with E-state index in [4.69, 9.17) is 0 Å². The highest BCUT2D eigenvalue weighted by atomic mass is 19.2. The van der Waals surface area contributed by atoms with E-state index in [0.29, 0.717) is 5.52 Å². The Morgan fingerprint density at radius 3 is 2.74 bits per heavy atom. The number of aromatic nitrogens is 4. The van der Waals surface area contributed by atoms with Crippen molar-refractivity contribution in [2.75, 3.05) is 0 Å². The number of nitrogens with zero attached hydrogens (tertiary/aromatic N) is 5. The second kappa shape index (κ2) is 5.72. The molecule has 2 aromatic heterocycles. The van der Waals surface area contributed by atoms with Gasteiger partial charge in [0.2, 0.25) is 0 Å². The number of fused-ring (bicyclic) bond motifs is 1. The number of aliphatic hydroxyl groups excluding tert-OH is 1. The molecule has 10 heteroatoms. The first-order valence-corrected chi connectivity index (χ1v) is 6.59. The van der Waals surface area contributed by atoms with E-state index < -0.39 is 22.7 Å². The fourth-order valence-electron chi connectivity index (χ4n) is 2.25. The van der Waals surface area contributed by atoms with Gasteiger partial charge in [0.25, 0.3) is 0 Å². The molecule has 3 rings (SSSR count). The van der Waals surface area contributed by atoms with Crippen molar-refractivity contribution in [1.82, 2.24) is 19.3 Å². The van der Waals surface area contributed by atoms with Gasteiger partial charge in [-0.2, -0.15) is 5.10 Å². The van der Waals surface area contributed by atoms with Gasteiger partial charge < -0.3 is 9.67 Å². The summed E-state index contributed by atoms with van der Waals surface area (Å²) < 4.78 is 29.2. The van der Waals surface area contributed by atoms with Crippen LogP contribution < -0.4 is 0 Å². The van der Waals surface area contributed by atoms with Crippen LogP contribution in [0.25, 0.3) is 11.0 Å². The molecule has 3 aromatic rings. The van der Waals surface area contributed by atoms with Crippen LogP contribution in [0.5, 0.6) is 0 Å². The van der Waals surface area contributed by atoms with E-state index in [1.54, 1.807) is 0 Å². The SMILES string of the molecule is O=[N+]([O-])c1cnn(CC(O)Cn2cnc3cc(F)c(F)cc32)c1. The van der Waals surface area contributed by atoms with Crippen molar-refractivity contribution in [3.63, 3.8) is 0 Å². The summed E-state index contributed by atoms with van der Waals surface area (Å²) in [6.45, 7) is 0.0619. The number of halogens is 2. The van der Waals surface area contributed by atoms with Gasteiger partial charge in [-0.05, 0) is 0 Å². The molecule has 0 aliphatic rings. The lowest BCUT2D eigenvalue weighted by Crippen LogP contribution is -2.22. The Hall–Kier alpha value is -2.88. The third-order valence-electron chi connectivity index (χ3n) is 3.30. The number of hydrogen-bond donors (Lipinski definition) is 1. The summed E-state index contributed by atoms with van der Waals surface area (Å²) in [6.07, 6.45) is 2.69. The maximum Gasteiger partial charge on any atom is 0.306 e. The zero-order chi connectivity index (χ0) is 16.6. The quantitative estimate of drug-likeness (QED) is 0.566. The van der Waals surface area contributed by atoms with Crippen LogP contribution in [0.1, 0.15) is 0 Å². The lowest BCUT2D eigenvalue weighted by Gasteiger charge is -2.12. The smallest absolute Gasteiger partial charge is 0.306 e. The maximum absolute atomic E-state index is 13.3. The highest BCUT2D eigenvalue weighted by Crippen LogP contribution is 2.18. The third-order valence-corrected chi connectivity index (χ3v) is 3.30. The predicted octanol–water partition coefficient (Wildman–Crippen LogP) is 1.48. The average Bonchev–Trinajstić information content (AvgIpc) is 3.08. The minimum Gasteiger partial charge on any atom is -0.389 e. The van der Waals surface area contributed by atoms with Crippen LogP contribution in [0.4, 0.5) is 14.5 Å². The predicted molar refractivity (Wildman–Crippen MR) is 74.5 cm³/mol. The van der Waals surface area contributed by atoms with Gasteiger partial charge in [0.15, 0.2) is 11.6 Å². The molecule has 1 aromatic carbocycles. The van der Waals surface area contributed by atoms with Crippen LogP contribution in [0.3, 0.4) is 0 Å². The first kappa shape index (κ1) is 15.0. The Labute approximate surface area is 127 Å². The van der Waals surface area contributed by atoms with E-state index >= 15 is 0 Å². The summed E-state index contributed by atoms with van der Waals surface area (Å²) >= 11 is 0. The molecule has 0 saturated carbocycles. The Kier molecular flexibility index (Phi) is 3.74. The number of rotatable bonds is 5. The van der Waals surface area contributed by atoms with Crippen LogP contribution >= 0.6 is 0 Å². The van der Waals surface area contributed by atoms with Gasteiger partial charge in [-0.3, -0.25) is 14.8 Å². The molecule has 0 amide bonds. The van der Waals surface area contributed by atoms with Crippen molar-refractivity contribution in [3.05, 3.63) is 52.6 Å². The molecule has 120 valence electrons. The Morgan fingerprint density at radius 1 is 1.30 bits per heavy atom. The molecular weight excluding hydrogens is 312 g/mol. The molecule has 23 heavy (non-hydrogen) atoms. The normalized spacial score (nSPS) is 12.7. The second-order valence-corrected chi connectivity index (χ2v) is 4.98. The molecule has 1 atom stereocenters. The van der Waals surface area contributed by atoms with Gasteiger partial charge in [0.05, 0.1) is 41.5 Å². The topological polar surface area (TPSA) is 99.0 Å². The zero-order valence-corrected chi connectivity index (χ0v) is 11.6. The molecule has 8 nitrogen and oxygen atoms in total. The number of benzene rings is 1. The largest absolute Gasteiger partial charge is 0.389 e. The number of imidazole rings is 1. The Balaban J connectivity index is 1.75. The molecule has 0 radical (unpaired) electrons. The lowest BCUT2D eigenvalue weighted by atomic mass is 10.3. The fraction of sp³-hybridized carbons (Fsp3) is 0.231. The van der Waals surface area contributed by atoms with Crippen molar-refractivity contribution in [3.8, 4) is 0 Å². The van der Waals surface area contributed by atoms with Gasteiger partial charge in [0.1, 0.15) is 12.4 Å². The van der Waals surface area contributed by atoms with Crippen molar-refractivity contribution in [1.29, 1.82) is 0 Å².